The SMILES string of the molecule is CCC[C@@H](C(=O)NC1CCCC1)N(C(=O)c1snc(C(=O)NC2CCCCC2)c1N)c1cccc(C(F)(F)F)c1. The predicted molar refractivity (Wildman–Crippen MR) is 148 cm³/mol. The molecule has 3 amide bonds. The highest BCUT2D eigenvalue weighted by Gasteiger charge is 2.37. The Morgan fingerprint density at radius 2 is 1.68 bits per heavy atom. The first-order chi connectivity index (χ1) is 19.1. The molecule has 0 bridgehead atoms. The number of anilines is 2. The molecule has 1 heterocycles. The zero-order chi connectivity index (χ0) is 28.9. The van der Waals surface area contributed by atoms with Crippen LogP contribution in [0, 0.1) is 0 Å². The van der Waals surface area contributed by atoms with Crippen molar-refractivity contribution in [3.8, 4) is 0 Å². The maximum Gasteiger partial charge on any atom is 0.416 e. The van der Waals surface area contributed by atoms with E-state index >= 15 is 0 Å². The highest BCUT2D eigenvalue weighted by atomic mass is 32.1. The number of hydrogen-bond donors (Lipinski definition) is 3. The quantitative estimate of drug-likeness (QED) is 0.353. The number of carbonyl (C=O) groups excluding carboxylic acids is 3. The van der Waals surface area contributed by atoms with E-state index in [-0.39, 0.29) is 40.5 Å². The van der Waals surface area contributed by atoms with Crippen molar-refractivity contribution in [3.05, 3.63) is 40.4 Å². The van der Waals surface area contributed by atoms with Gasteiger partial charge >= 0.3 is 6.18 Å². The van der Waals surface area contributed by atoms with Gasteiger partial charge in [0, 0.05) is 17.8 Å². The van der Waals surface area contributed by atoms with Gasteiger partial charge in [-0.05, 0) is 61.8 Å². The lowest BCUT2D eigenvalue weighted by Gasteiger charge is -2.32. The lowest BCUT2D eigenvalue weighted by Crippen LogP contribution is -2.51. The molecule has 0 unspecified atom stereocenters. The van der Waals surface area contributed by atoms with Gasteiger partial charge in [0.05, 0.1) is 11.3 Å². The van der Waals surface area contributed by atoms with E-state index < -0.39 is 35.5 Å². The molecule has 8 nitrogen and oxygen atoms in total. The molecule has 0 radical (unpaired) electrons. The molecule has 2 aromatic rings. The first-order valence-electron chi connectivity index (χ1n) is 14.0. The van der Waals surface area contributed by atoms with E-state index in [1.807, 2.05) is 6.92 Å². The van der Waals surface area contributed by atoms with Gasteiger partial charge in [-0.2, -0.15) is 17.5 Å². The standard InChI is InChI=1S/C28H36F3N5O3S/c1-2-9-21(25(37)33-18-13-6-7-14-18)36(20-15-8-10-17(16-20)28(29,30)31)27(39)24-22(32)23(35-40-24)26(38)34-19-11-4-3-5-12-19/h8,10,15-16,18-19,21H,2-7,9,11-14,32H2,1H3,(H,33,37)(H,34,38)/t21-/m0/s1. The molecule has 4 rings (SSSR count). The van der Waals surface area contributed by atoms with Crippen LogP contribution in [0.15, 0.2) is 24.3 Å². The monoisotopic (exact) mass is 579 g/mol. The Balaban J connectivity index is 1.69. The molecule has 2 aliphatic carbocycles. The number of amides is 3. The zero-order valence-corrected chi connectivity index (χ0v) is 23.4. The third-order valence-electron chi connectivity index (χ3n) is 7.63. The molecule has 2 fully saturated rings. The minimum absolute atomic E-state index is 0.00340. The summed E-state index contributed by atoms with van der Waals surface area (Å²) in [6.07, 6.45) is 4.46. The second kappa shape index (κ2) is 13.0. The van der Waals surface area contributed by atoms with Crippen molar-refractivity contribution < 1.29 is 27.6 Å². The van der Waals surface area contributed by atoms with Gasteiger partial charge in [-0.25, -0.2) is 0 Å². The van der Waals surface area contributed by atoms with Crippen LogP contribution < -0.4 is 21.3 Å². The third-order valence-corrected chi connectivity index (χ3v) is 8.48. The van der Waals surface area contributed by atoms with E-state index in [4.69, 9.17) is 5.73 Å². The summed E-state index contributed by atoms with van der Waals surface area (Å²) in [4.78, 5) is 41.5. The van der Waals surface area contributed by atoms with Crippen molar-refractivity contribution in [1.29, 1.82) is 0 Å². The summed E-state index contributed by atoms with van der Waals surface area (Å²) in [6.45, 7) is 1.83. The molecule has 4 N–H and O–H groups in total. The zero-order valence-electron chi connectivity index (χ0n) is 22.6. The van der Waals surface area contributed by atoms with Crippen LogP contribution in [0.25, 0.3) is 0 Å². The van der Waals surface area contributed by atoms with E-state index in [2.05, 4.69) is 15.0 Å². The van der Waals surface area contributed by atoms with Crippen LogP contribution in [-0.2, 0) is 11.0 Å². The van der Waals surface area contributed by atoms with Crippen molar-refractivity contribution in [2.75, 3.05) is 10.6 Å². The third kappa shape index (κ3) is 6.94. The fraction of sp³-hybridized carbons (Fsp3) is 0.571. The van der Waals surface area contributed by atoms with E-state index in [0.717, 1.165) is 74.8 Å². The molecule has 1 atom stereocenters. The summed E-state index contributed by atoms with van der Waals surface area (Å²) in [5, 5.41) is 5.91. The summed E-state index contributed by atoms with van der Waals surface area (Å²) < 4.78 is 45.0. The van der Waals surface area contributed by atoms with Crippen LogP contribution >= 0.6 is 11.5 Å². The van der Waals surface area contributed by atoms with Gasteiger partial charge in [0.2, 0.25) is 5.91 Å². The molecule has 0 spiro atoms. The topological polar surface area (TPSA) is 117 Å². The first-order valence-corrected chi connectivity index (χ1v) is 14.7. The Kier molecular flexibility index (Phi) is 9.70. The van der Waals surface area contributed by atoms with Gasteiger partial charge in [0.25, 0.3) is 11.8 Å². The Morgan fingerprint density at radius 1 is 1.05 bits per heavy atom. The van der Waals surface area contributed by atoms with E-state index in [1.165, 1.54) is 12.1 Å². The maximum atomic E-state index is 14.0. The minimum atomic E-state index is -4.65. The molecular weight excluding hydrogens is 543 g/mol. The smallest absolute Gasteiger partial charge is 0.395 e. The van der Waals surface area contributed by atoms with Gasteiger partial charge in [0.15, 0.2) is 5.69 Å². The molecule has 40 heavy (non-hydrogen) atoms. The Bertz CT molecular complexity index is 1210. The summed E-state index contributed by atoms with van der Waals surface area (Å²) in [5.74, 6) is -1.70. The van der Waals surface area contributed by atoms with Gasteiger partial charge in [0.1, 0.15) is 10.9 Å². The first kappa shape index (κ1) is 29.8. The largest absolute Gasteiger partial charge is 0.416 e. The normalized spacial score (nSPS) is 17.4. The Morgan fingerprint density at radius 3 is 2.30 bits per heavy atom. The van der Waals surface area contributed by atoms with Crippen LogP contribution in [0.4, 0.5) is 24.5 Å². The average molecular weight is 580 g/mol. The van der Waals surface area contributed by atoms with Gasteiger partial charge in [-0.3, -0.25) is 19.3 Å². The molecule has 218 valence electrons. The minimum Gasteiger partial charge on any atom is -0.395 e. The number of halogens is 3. The second-order valence-electron chi connectivity index (χ2n) is 10.6. The number of alkyl halides is 3. The van der Waals surface area contributed by atoms with E-state index in [1.54, 1.807) is 0 Å². The number of nitrogens with one attached hydrogen (secondary N) is 2. The molecular formula is C28H36F3N5O3S. The number of hydrogen-bond acceptors (Lipinski definition) is 6. The van der Waals surface area contributed by atoms with Gasteiger partial charge < -0.3 is 16.4 Å². The Hall–Kier alpha value is -3.15. The number of rotatable bonds is 9. The van der Waals surface area contributed by atoms with E-state index in [9.17, 15) is 27.6 Å². The summed E-state index contributed by atoms with van der Waals surface area (Å²) >= 11 is 0.707. The molecule has 12 heteroatoms. The number of nitrogens with two attached hydrogens (primary N) is 1. The van der Waals surface area contributed by atoms with Gasteiger partial charge in [-0.1, -0.05) is 51.5 Å². The second-order valence-corrected chi connectivity index (χ2v) is 11.4. The van der Waals surface area contributed by atoms with Crippen LogP contribution in [0.3, 0.4) is 0 Å². The summed E-state index contributed by atoms with van der Waals surface area (Å²) in [5.41, 5.74) is 5.00. The summed E-state index contributed by atoms with van der Waals surface area (Å²) in [6, 6.07) is 3.21. The number of aromatic nitrogens is 1. The predicted octanol–water partition coefficient (Wildman–Crippen LogP) is 5.68. The number of nitrogens with zero attached hydrogens (tertiary/aromatic N) is 2. The molecule has 2 aliphatic rings. The molecule has 2 saturated carbocycles. The van der Waals surface area contributed by atoms with Crippen molar-refractivity contribution in [2.24, 2.45) is 0 Å². The lowest BCUT2D eigenvalue weighted by molar-refractivity contribution is -0.137. The van der Waals surface area contributed by atoms with E-state index in [0.29, 0.717) is 18.0 Å². The fourth-order valence-electron chi connectivity index (χ4n) is 5.51. The molecule has 0 saturated heterocycles. The van der Waals surface area contributed by atoms with Crippen molar-refractivity contribution >= 4 is 40.6 Å². The lowest BCUT2D eigenvalue weighted by atomic mass is 9.95. The highest BCUT2D eigenvalue weighted by molar-refractivity contribution is 7.09. The number of benzene rings is 1. The molecule has 1 aromatic carbocycles. The number of carbonyl (C=O) groups is 3. The van der Waals surface area contributed by atoms with Crippen molar-refractivity contribution in [1.82, 2.24) is 15.0 Å². The van der Waals surface area contributed by atoms with Crippen LogP contribution in [0.2, 0.25) is 0 Å². The maximum absolute atomic E-state index is 14.0. The average Bonchev–Trinajstić information content (AvgIpc) is 3.58. The summed E-state index contributed by atoms with van der Waals surface area (Å²) in [7, 11) is 0. The number of nitrogen functional groups attached to an aromatic ring is 1. The van der Waals surface area contributed by atoms with Crippen molar-refractivity contribution in [2.45, 2.75) is 102 Å². The van der Waals surface area contributed by atoms with Crippen LogP contribution in [-0.4, -0.2) is 40.2 Å². The van der Waals surface area contributed by atoms with Gasteiger partial charge in [-0.15, -0.1) is 0 Å². The van der Waals surface area contributed by atoms with Crippen molar-refractivity contribution in [3.63, 3.8) is 0 Å². The molecule has 0 aliphatic heterocycles. The molecule has 1 aromatic heterocycles. The van der Waals surface area contributed by atoms with Crippen LogP contribution in [0.5, 0.6) is 0 Å². The van der Waals surface area contributed by atoms with Crippen LogP contribution in [0.1, 0.15) is 103 Å². The highest BCUT2D eigenvalue weighted by Crippen LogP contribution is 2.35. The fourth-order valence-corrected chi connectivity index (χ4v) is 6.25. The Labute approximate surface area is 236 Å².